The molecule has 4 rings (SSSR count). The number of piperidine rings is 1. The summed E-state index contributed by atoms with van der Waals surface area (Å²) in [5.41, 5.74) is 8.29. The van der Waals surface area contributed by atoms with E-state index in [-0.39, 0.29) is 40.5 Å². The van der Waals surface area contributed by atoms with Gasteiger partial charge in [-0.15, -0.1) is 0 Å². The van der Waals surface area contributed by atoms with E-state index in [1.807, 2.05) is 39.0 Å². The predicted molar refractivity (Wildman–Crippen MR) is 164 cm³/mol. The number of rotatable bonds is 7. The second-order valence-corrected chi connectivity index (χ2v) is 11.2. The second-order valence-electron chi connectivity index (χ2n) is 11.2. The van der Waals surface area contributed by atoms with Crippen molar-refractivity contribution in [2.75, 3.05) is 34.8 Å². The number of nitrogens with one attached hydrogen (secondary N) is 4. The molecule has 6 N–H and O–H groups in total. The smallest absolute Gasteiger partial charge is 0.323 e. The number of hydrogen-bond donors (Lipinski definition) is 5. The lowest BCUT2D eigenvalue weighted by atomic mass is 9.93. The molecule has 1 fully saturated rings. The Labute approximate surface area is 245 Å². The minimum atomic E-state index is -0.382. The Morgan fingerprint density at radius 1 is 1.07 bits per heavy atom. The zero-order chi connectivity index (χ0) is 30.3. The van der Waals surface area contributed by atoms with Crippen LogP contribution in [0.4, 0.5) is 27.8 Å². The van der Waals surface area contributed by atoms with E-state index in [1.165, 1.54) is 6.33 Å². The van der Waals surface area contributed by atoms with Crippen LogP contribution in [0.3, 0.4) is 0 Å². The van der Waals surface area contributed by atoms with Gasteiger partial charge in [0.2, 0.25) is 0 Å². The summed E-state index contributed by atoms with van der Waals surface area (Å²) < 4.78 is 0. The lowest BCUT2D eigenvalue weighted by Gasteiger charge is -2.34. The number of nitrogen functional groups attached to an aromatic ring is 1. The maximum Gasteiger partial charge on any atom is 0.323 e. The number of urea groups is 1. The Bertz CT molecular complexity index is 1520. The van der Waals surface area contributed by atoms with E-state index in [9.17, 15) is 14.9 Å². The van der Waals surface area contributed by atoms with Crippen LogP contribution in [0.1, 0.15) is 44.7 Å². The second kappa shape index (κ2) is 13.0. The molecule has 0 spiro atoms. The minimum Gasteiger partial charge on any atom is -0.383 e. The molecule has 0 aliphatic carbocycles. The molecule has 216 valence electrons. The molecule has 2 heterocycles. The molecule has 0 saturated carbocycles. The predicted octanol–water partition coefficient (Wildman–Crippen LogP) is 5.02. The van der Waals surface area contributed by atoms with Crippen LogP contribution >= 0.6 is 0 Å². The number of nitrogens with two attached hydrogens (primary N) is 1. The Morgan fingerprint density at radius 2 is 1.74 bits per heavy atom. The summed E-state index contributed by atoms with van der Waals surface area (Å²) in [7, 11) is 0. The third-order valence-corrected chi connectivity index (χ3v) is 6.57. The summed E-state index contributed by atoms with van der Waals surface area (Å²) in [5, 5.41) is 27.4. The summed E-state index contributed by atoms with van der Waals surface area (Å²) in [5.74, 6) is 0.243. The lowest BCUT2D eigenvalue weighted by Crippen LogP contribution is -2.46. The molecule has 1 unspecified atom stereocenters. The standard InChI is InChI=1S/C31H35N9O2/c1-31(2,3)16-21(17-32)29(41)40-15-7-10-24(18-40)37-28-25(27(34)35-19-36-28)26(33)20-11-13-23(14-12-20)39-30(42)38-22-8-5-4-6-9-22/h4-6,8-9,11-14,16,19,24,33H,7,10,15,18H2,1-3H3,(H2,38,39,42)(H3,34,35,36,37)/b21-16+,33-26?. The van der Waals surface area contributed by atoms with Crippen LogP contribution in [-0.2, 0) is 4.79 Å². The average molecular weight is 566 g/mol. The van der Waals surface area contributed by atoms with Crippen molar-refractivity contribution >= 4 is 40.7 Å². The molecule has 0 bridgehead atoms. The van der Waals surface area contributed by atoms with Crippen LogP contribution in [0.2, 0.25) is 0 Å². The highest BCUT2D eigenvalue weighted by molar-refractivity contribution is 6.16. The molecule has 3 amide bonds. The maximum absolute atomic E-state index is 13.1. The van der Waals surface area contributed by atoms with E-state index in [4.69, 9.17) is 11.1 Å². The van der Waals surface area contributed by atoms with Gasteiger partial charge in [-0.2, -0.15) is 5.26 Å². The summed E-state index contributed by atoms with van der Waals surface area (Å²) in [6.07, 6.45) is 4.56. The fourth-order valence-electron chi connectivity index (χ4n) is 4.65. The van der Waals surface area contributed by atoms with Crippen LogP contribution in [-0.4, -0.2) is 51.6 Å². The van der Waals surface area contributed by atoms with Gasteiger partial charge >= 0.3 is 6.03 Å². The molecule has 11 heteroatoms. The highest BCUT2D eigenvalue weighted by Gasteiger charge is 2.28. The summed E-state index contributed by atoms with van der Waals surface area (Å²) >= 11 is 0. The fourth-order valence-corrected chi connectivity index (χ4v) is 4.65. The van der Waals surface area contributed by atoms with Crippen molar-refractivity contribution in [3.05, 3.63) is 83.7 Å². The fraction of sp³-hybridized carbons (Fsp3) is 0.290. The van der Waals surface area contributed by atoms with Crippen molar-refractivity contribution in [1.82, 2.24) is 14.9 Å². The van der Waals surface area contributed by atoms with Gasteiger partial charge in [-0.05, 0) is 42.5 Å². The van der Waals surface area contributed by atoms with E-state index in [1.54, 1.807) is 47.4 Å². The molecule has 1 atom stereocenters. The number of hydrogen-bond acceptors (Lipinski definition) is 8. The van der Waals surface area contributed by atoms with Gasteiger partial charge in [0.1, 0.15) is 29.6 Å². The van der Waals surface area contributed by atoms with Crippen molar-refractivity contribution in [2.24, 2.45) is 5.41 Å². The van der Waals surface area contributed by atoms with Crippen LogP contribution < -0.4 is 21.7 Å². The first-order chi connectivity index (χ1) is 20.0. The van der Waals surface area contributed by atoms with Crippen molar-refractivity contribution < 1.29 is 9.59 Å². The summed E-state index contributed by atoms with van der Waals surface area (Å²) in [6, 6.07) is 17.4. The van der Waals surface area contributed by atoms with Gasteiger partial charge in [0.05, 0.1) is 11.3 Å². The van der Waals surface area contributed by atoms with Gasteiger partial charge in [-0.25, -0.2) is 14.8 Å². The lowest BCUT2D eigenvalue weighted by molar-refractivity contribution is -0.127. The van der Waals surface area contributed by atoms with Crippen molar-refractivity contribution in [1.29, 1.82) is 10.7 Å². The van der Waals surface area contributed by atoms with Gasteiger partial charge in [-0.1, -0.05) is 57.2 Å². The molecule has 0 radical (unpaired) electrons. The number of nitrogens with zero attached hydrogens (tertiary/aromatic N) is 4. The normalized spacial score (nSPS) is 15.3. The van der Waals surface area contributed by atoms with Crippen LogP contribution in [0.5, 0.6) is 0 Å². The number of carbonyl (C=O) groups excluding carboxylic acids is 2. The first-order valence-electron chi connectivity index (χ1n) is 13.7. The molecule has 1 aliphatic heterocycles. The number of aromatic nitrogens is 2. The zero-order valence-corrected chi connectivity index (χ0v) is 23.9. The van der Waals surface area contributed by atoms with Crippen molar-refractivity contribution in [2.45, 2.75) is 39.7 Å². The molecule has 11 nitrogen and oxygen atoms in total. The number of anilines is 4. The number of benzene rings is 2. The Hall–Kier alpha value is -5.24. The van der Waals surface area contributed by atoms with Gasteiger partial charge < -0.3 is 26.6 Å². The minimum absolute atomic E-state index is 0.111. The molecule has 1 aliphatic rings. The zero-order valence-electron chi connectivity index (χ0n) is 23.9. The first-order valence-corrected chi connectivity index (χ1v) is 13.7. The molecule has 42 heavy (non-hydrogen) atoms. The number of likely N-dealkylation sites (tertiary alicyclic amines) is 1. The van der Waals surface area contributed by atoms with Crippen LogP contribution in [0.15, 0.2) is 72.6 Å². The summed E-state index contributed by atoms with van der Waals surface area (Å²) in [6.45, 7) is 6.77. The Kier molecular flexibility index (Phi) is 9.17. The van der Waals surface area contributed by atoms with E-state index < -0.39 is 0 Å². The van der Waals surface area contributed by atoms with Gasteiger partial charge in [0, 0.05) is 36.1 Å². The highest BCUT2D eigenvalue weighted by Crippen LogP contribution is 2.26. The van der Waals surface area contributed by atoms with Gasteiger partial charge in [0.25, 0.3) is 5.91 Å². The largest absolute Gasteiger partial charge is 0.383 e. The van der Waals surface area contributed by atoms with E-state index in [0.29, 0.717) is 41.4 Å². The molecular formula is C31H35N9O2. The summed E-state index contributed by atoms with van der Waals surface area (Å²) in [4.78, 5) is 35.6. The van der Waals surface area contributed by atoms with E-state index in [2.05, 4.69) is 32.0 Å². The van der Waals surface area contributed by atoms with Crippen LogP contribution in [0, 0.1) is 22.2 Å². The first kappa shape index (κ1) is 29.7. The number of nitriles is 1. The molecule has 1 aromatic heterocycles. The Morgan fingerprint density at radius 3 is 2.38 bits per heavy atom. The quantitative estimate of drug-likeness (QED) is 0.152. The van der Waals surface area contributed by atoms with Gasteiger partial charge in [0.15, 0.2) is 0 Å². The topological polar surface area (TPSA) is 173 Å². The molecular weight excluding hydrogens is 530 g/mol. The van der Waals surface area contributed by atoms with Gasteiger partial charge in [-0.3, -0.25) is 10.2 Å². The number of allylic oxidation sites excluding steroid dienone is 1. The SMILES string of the molecule is CC(C)(C)/C=C(\C#N)C(=O)N1CCCC(Nc2ncnc(N)c2C(=N)c2ccc(NC(=O)Nc3ccccc3)cc2)C1. The molecule has 3 aromatic rings. The van der Waals surface area contributed by atoms with Crippen molar-refractivity contribution in [3.63, 3.8) is 0 Å². The molecule has 2 aromatic carbocycles. The monoisotopic (exact) mass is 565 g/mol. The average Bonchev–Trinajstić information content (AvgIpc) is 2.96. The third kappa shape index (κ3) is 7.69. The number of para-hydroxylation sites is 1. The number of carbonyl (C=O) groups is 2. The third-order valence-electron chi connectivity index (χ3n) is 6.57. The van der Waals surface area contributed by atoms with E-state index >= 15 is 0 Å². The Balaban J connectivity index is 1.46. The van der Waals surface area contributed by atoms with Crippen molar-refractivity contribution in [3.8, 4) is 6.07 Å². The van der Waals surface area contributed by atoms with E-state index in [0.717, 1.165) is 12.8 Å². The number of amides is 3. The maximum atomic E-state index is 13.1. The highest BCUT2D eigenvalue weighted by atomic mass is 16.2. The van der Waals surface area contributed by atoms with Crippen LogP contribution in [0.25, 0.3) is 0 Å². The molecule has 1 saturated heterocycles.